The predicted molar refractivity (Wildman–Crippen MR) is 182 cm³/mol. The Morgan fingerprint density at radius 1 is 1.10 bits per heavy atom. The summed E-state index contributed by atoms with van der Waals surface area (Å²) in [5.41, 5.74) is 5.75. The molecule has 2 amide bonds. The van der Waals surface area contributed by atoms with Crippen molar-refractivity contribution in [2.24, 2.45) is 0 Å². The summed E-state index contributed by atoms with van der Waals surface area (Å²) in [5.74, 6) is 1.19. The fraction of sp³-hybridized carbons (Fsp3) is 0.346. The van der Waals surface area contributed by atoms with Gasteiger partial charge in [0.2, 0.25) is 5.91 Å². The molecule has 15 heteroatoms. The van der Waals surface area contributed by atoms with Gasteiger partial charge in [-0.3, -0.25) is 9.59 Å². The van der Waals surface area contributed by atoms with Gasteiger partial charge < -0.3 is 19.3 Å². The molecule has 0 atom stereocenters. The quantitative estimate of drug-likeness (QED) is 0.288. The van der Waals surface area contributed by atoms with Gasteiger partial charge in [0.1, 0.15) is 65.2 Å². The van der Waals surface area contributed by atoms with Crippen LogP contribution in [0.15, 0.2) is 34.5 Å². The first-order chi connectivity index (χ1) is 19.1. The van der Waals surface area contributed by atoms with Crippen LogP contribution in [0.25, 0.3) is 23.0 Å². The highest BCUT2D eigenvalue weighted by Gasteiger charge is 2.36. The zero-order chi connectivity index (χ0) is 30.3. The van der Waals surface area contributed by atoms with Gasteiger partial charge in [-0.25, -0.2) is 4.68 Å². The van der Waals surface area contributed by atoms with Gasteiger partial charge in [-0.1, -0.05) is 11.6 Å². The smallest absolute Gasteiger partial charge is 0.273 e. The number of rotatable bonds is 9. The van der Waals surface area contributed by atoms with Gasteiger partial charge in [0.25, 0.3) is 5.91 Å². The minimum atomic E-state index is -0.506. The second-order valence-electron chi connectivity index (χ2n) is 12.6. The van der Waals surface area contributed by atoms with Crippen molar-refractivity contribution in [2.75, 3.05) is 20.2 Å². The lowest BCUT2D eigenvalue weighted by Gasteiger charge is -2.41. The molecule has 2 aromatic heterocycles. The highest BCUT2D eigenvalue weighted by Crippen LogP contribution is 2.44. The third-order valence-corrected chi connectivity index (χ3v) is 7.80. The molecule has 8 nitrogen and oxygen atoms in total. The Morgan fingerprint density at radius 2 is 1.76 bits per heavy atom. The average molecular weight is 566 g/mol. The number of carbonyl (C=O) groups excluding carboxylic acids is 2. The molecule has 0 aliphatic carbocycles. The van der Waals surface area contributed by atoms with Crippen molar-refractivity contribution in [3.63, 3.8) is 0 Å². The second kappa shape index (κ2) is 11.6. The van der Waals surface area contributed by atoms with Crippen LogP contribution in [0.3, 0.4) is 0 Å². The first kappa shape index (κ1) is 30.8. The van der Waals surface area contributed by atoms with E-state index >= 15 is 0 Å². The number of methoxy groups -OCH3 is 1. The van der Waals surface area contributed by atoms with Gasteiger partial charge in [0.05, 0.1) is 18.5 Å². The summed E-state index contributed by atoms with van der Waals surface area (Å²) in [5, 5.41) is 8.09. The van der Waals surface area contributed by atoms with E-state index in [-0.39, 0.29) is 23.7 Å². The number of aromatic nitrogens is 2. The Balaban J connectivity index is 1.86. The number of nitrogens with zero attached hydrogens (tertiary/aromatic N) is 4. The van der Waals surface area contributed by atoms with Gasteiger partial charge in [-0.15, -0.1) is 0 Å². The van der Waals surface area contributed by atoms with Crippen molar-refractivity contribution < 1.29 is 19.1 Å². The third kappa shape index (κ3) is 6.35. The standard InChI is InChI=1S/C26H36B6N4O4S/c1-14(2)9-16-10-18-21(11-20(16)39-4)40-12-19-22(33-36(23(18)19)17-5-8-41-13-17)24(38)35(26(30,31)32)7-6-34(15(3)37)25(27,28)29/h5,8-11,13H,6-7,12,27-32H2,1-4H3. The molecule has 0 spiro atoms. The van der Waals surface area contributed by atoms with E-state index in [0.29, 0.717) is 24.5 Å². The molecular weight excluding hydrogens is 529 g/mol. The fourth-order valence-electron chi connectivity index (χ4n) is 5.27. The van der Waals surface area contributed by atoms with E-state index in [1.807, 2.05) is 99.5 Å². The number of fused-ring (bicyclic) bond motifs is 3. The van der Waals surface area contributed by atoms with E-state index in [0.717, 1.165) is 39.4 Å². The number of ether oxygens (including phenoxy) is 2. The van der Waals surface area contributed by atoms with Crippen LogP contribution in [0.1, 0.15) is 42.4 Å². The molecule has 3 heterocycles. The molecule has 3 aromatic rings. The van der Waals surface area contributed by atoms with Gasteiger partial charge in [0.15, 0.2) is 5.69 Å². The molecule has 1 aliphatic heterocycles. The maximum absolute atomic E-state index is 14.4. The monoisotopic (exact) mass is 566 g/mol. The lowest BCUT2D eigenvalue weighted by molar-refractivity contribution is -0.129. The van der Waals surface area contributed by atoms with E-state index in [9.17, 15) is 9.59 Å². The van der Waals surface area contributed by atoms with Gasteiger partial charge in [-0.2, -0.15) is 16.4 Å². The topological polar surface area (TPSA) is 76.9 Å². The Hall–Kier alpha value is -3.20. The van der Waals surface area contributed by atoms with E-state index in [2.05, 4.69) is 6.08 Å². The third-order valence-electron chi connectivity index (χ3n) is 7.13. The molecular formula is C26H36B6N4O4S. The molecule has 4 rings (SSSR count). The molecule has 0 fully saturated rings. The normalized spacial score (nSPS) is 12.5. The van der Waals surface area contributed by atoms with Crippen molar-refractivity contribution in [1.82, 2.24) is 19.6 Å². The van der Waals surface area contributed by atoms with Crippen LogP contribution >= 0.6 is 11.3 Å². The Morgan fingerprint density at radius 3 is 2.29 bits per heavy atom. The molecule has 1 aliphatic rings. The van der Waals surface area contributed by atoms with Crippen molar-refractivity contribution in [3.05, 3.63) is 51.4 Å². The summed E-state index contributed by atoms with van der Waals surface area (Å²) in [6.07, 6.45) is 2.07. The summed E-state index contributed by atoms with van der Waals surface area (Å²) in [4.78, 5) is 30.4. The first-order valence-electron chi connectivity index (χ1n) is 13.9. The van der Waals surface area contributed by atoms with Crippen LogP contribution in [0.4, 0.5) is 0 Å². The van der Waals surface area contributed by atoms with Gasteiger partial charge in [-0.05, 0) is 41.8 Å². The molecule has 0 saturated carbocycles. The van der Waals surface area contributed by atoms with Crippen molar-refractivity contribution in [3.8, 4) is 28.4 Å². The summed E-state index contributed by atoms with van der Waals surface area (Å²) in [7, 11) is 13.7. The Labute approximate surface area is 252 Å². The number of thiophene rings is 1. The molecule has 208 valence electrons. The molecule has 0 N–H and O–H groups in total. The van der Waals surface area contributed by atoms with Crippen molar-refractivity contribution in [2.45, 2.75) is 37.9 Å². The lowest BCUT2D eigenvalue weighted by Crippen LogP contribution is -2.59. The minimum absolute atomic E-state index is 0.0227. The van der Waals surface area contributed by atoms with Crippen LogP contribution < -0.4 is 9.47 Å². The average Bonchev–Trinajstić information content (AvgIpc) is 3.52. The number of hydrogen-bond donors (Lipinski definition) is 0. The van der Waals surface area contributed by atoms with E-state index in [4.69, 9.17) is 14.6 Å². The van der Waals surface area contributed by atoms with Crippen molar-refractivity contribution >= 4 is 76.3 Å². The fourth-order valence-corrected chi connectivity index (χ4v) is 5.88. The summed E-state index contributed by atoms with van der Waals surface area (Å²) >= 11 is 1.57. The number of hydrogen-bond acceptors (Lipinski definition) is 6. The molecule has 1 aromatic carbocycles. The highest BCUT2D eigenvalue weighted by molar-refractivity contribution is 7.08. The minimum Gasteiger partial charge on any atom is -0.496 e. The first-order valence-corrected chi connectivity index (χ1v) is 14.8. The number of carbonyl (C=O) groups is 2. The van der Waals surface area contributed by atoms with Crippen LogP contribution in [0.2, 0.25) is 0 Å². The van der Waals surface area contributed by atoms with Crippen molar-refractivity contribution in [1.29, 1.82) is 0 Å². The summed E-state index contributed by atoms with van der Waals surface area (Å²) < 4.78 is 13.8. The van der Waals surface area contributed by atoms with Crippen LogP contribution in [0.5, 0.6) is 11.5 Å². The molecule has 0 unspecified atom stereocenters. The SMILES string of the molecule is BC(B)(B)N(CCN(C(=O)c1nn(-c2ccsc2)c2c1COc1cc(OC)c(C=C(C)C)cc1-2)C(B)(B)B)C(C)=O. The van der Waals surface area contributed by atoms with Crippen LogP contribution in [-0.4, -0.2) is 109 Å². The summed E-state index contributed by atoms with van der Waals surface area (Å²) in [6.45, 7) is 6.65. The maximum atomic E-state index is 14.4. The zero-order valence-electron chi connectivity index (χ0n) is 25.9. The Bertz CT molecular complexity index is 1490. The second-order valence-corrected chi connectivity index (χ2v) is 13.4. The maximum Gasteiger partial charge on any atom is 0.273 e. The number of amides is 2. The van der Waals surface area contributed by atoms with E-state index in [1.165, 1.54) is 0 Å². The van der Waals surface area contributed by atoms with Gasteiger partial charge >= 0.3 is 0 Å². The summed E-state index contributed by atoms with van der Waals surface area (Å²) in [6, 6.07) is 5.95. The van der Waals surface area contributed by atoms with Crippen LogP contribution in [0, 0.1) is 0 Å². The zero-order valence-corrected chi connectivity index (χ0v) is 26.7. The highest BCUT2D eigenvalue weighted by atomic mass is 32.1. The molecule has 0 saturated heterocycles. The predicted octanol–water partition coefficient (Wildman–Crippen LogP) is -1.76. The van der Waals surface area contributed by atoms with E-state index in [1.54, 1.807) is 30.3 Å². The van der Waals surface area contributed by atoms with Crippen LogP contribution in [-0.2, 0) is 11.4 Å². The van der Waals surface area contributed by atoms with E-state index < -0.39 is 5.24 Å². The molecule has 41 heavy (non-hydrogen) atoms. The molecule has 0 bridgehead atoms. The lowest BCUT2D eigenvalue weighted by atomic mass is 9.47. The molecule has 0 radical (unpaired) electrons. The van der Waals surface area contributed by atoms with Gasteiger partial charge in [0, 0.05) is 48.2 Å². The Kier molecular flexibility index (Phi) is 8.69. The number of allylic oxidation sites excluding steroid dienone is 1. The largest absolute Gasteiger partial charge is 0.496 e. The number of benzene rings is 1.